The van der Waals surface area contributed by atoms with Crippen LogP contribution in [0.4, 0.5) is 0 Å². The Morgan fingerprint density at radius 3 is 1.92 bits per heavy atom. The zero-order chi connectivity index (χ0) is 24.8. The van der Waals surface area contributed by atoms with Gasteiger partial charge in [-0.25, -0.2) is 0 Å². The predicted molar refractivity (Wildman–Crippen MR) is 157 cm³/mol. The Hall–Kier alpha value is -4.59. The molecule has 0 amide bonds. The van der Waals surface area contributed by atoms with E-state index >= 15 is 0 Å². The lowest BCUT2D eigenvalue weighted by molar-refractivity contribution is 0.469. The number of rotatable bonds is 1. The van der Waals surface area contributed by atoms with Gasteiger partial charge in [0.25, 0.3) is 0 Å². The number of benzene rings is 6. The third kappa shape index (κ3) is 2.66. The molecule has 3 heterocycles. The number of aromatic nitrogens is 1. The zero-order valence-electron chi connectivity index (χ0n) is 20.3. The van der Waals surface area contributed by atoms with Gasteiger partial charge < -0.3 is 14.0 Å². The van der Waals surface area contributed by atoms with Gasteiger partial charge in [-0.1, -0.05) is 84.9 Å². The van der Waals surface area contributed by atoms with Crippen molar-refractivity contribution in [1.82, 2.24) is 4.57 Å². The van der Waals surface area contributed by atoms with Crippen molar-refractivity contribution >= 4 is 56.4 Å². The summed E-state index contributed by atoms with van der Waals surface area (Å²) in [6, 6.07) is 43.0. The Kier molecular flexibility index (Phi) is 4.03. The van der Waals surface area contributed by atoms with Crippen molar-refractivity contribution in [1.29, 1.82) is 0 Å². The van der Waals surface area contributed by atoms with Gasteiger partial charge in [0.1, 0.15) is 23.0 Å². The molecule has 178 valence electrons. The molecule has 7 aromatic rings. The van der Waals surface area contributed by atoms with Crippen LogP contribution in [0, 0.1) is 0 Å². The SMILES string of the molecule is c1ccc2c(c1)Oc1cc(-n3c4ccccc4c4ccccc43)cc3c1P2c1ccc2ccccc2c1O3. The molecule has 0 saturated heterocycles. The average molecular weight is 506 g/mol. The first-order valence-corrected chi connectivity index (χ1v) is 14.1. The number of nitrogens with zero attached hydrogens (tertiary/aromatic N) is 1. The maximum atomic E-state index is 6.84. The van der Waals surface area contributed by atoms with E-state index < -0.39 is 7.92 Å². The van der Waals surface area contributed by atoms with E-state index in [1.54, 1.807) is 0 Å². The van der Waals surface area contributed by atoms with Crippen LogP contribution in [-0.2, 0) is 0 Å². The fourth-order valence-electron chi connectivity index (χ4n) is 6.12. The molecule has 0 bridgehead atoms. The first kappa shape index (κ1) is 20.5. The molecular weight excluding hydrogens is 485 g/mol. The summed E-state index contributed by atoms with van der Waals surface area (Å²) in [6.07, 6.45) is 0. The van der Waals surface area contributed by atoms with Gasteiger partial charge in [0.05, 0.1) is 22.0 Å². The molecule has 6 aromatic carbocycles. The van der Waals surface area contributed by atoms with Gasteiger partial charge in [-0.05, 0) is 29.7 Å². The van der Waals surface area contributed by atoms with Gasteiger partial charge in [0.2, 0.25) is 0 Å². The van der Waals surface area contributed by atoms with Crippen LogP contribution in [0.2, 0.25) is 0 Å². The Morgan fingerprint density at radius 1 is 0.500 bits per heavy atom. The highest BCUT2D eigenvalue weighted by atomic mass is 31.1. The van der Waals surface area contributed by atoms with Crippen molar-refractivity contribution in [3.8, 4) is 28.7 Å². The lowest BCUT2D eigenvalue weighted by atomic mass is 10.1. The smallest absolute Gasteiger partial charge is 0.143 e. The minimum absolute atomic E-state index is 0.823. The molecule has 0 radical (unpaired) electrons. The highest BCUT2D eigenvalue weighted by Crippen LogP contribution is 2.54. The number of hydrogen-bond donors (Lipinski definition) is 0. The van der Waals surface area contributed by atoms with Gasteiger partial charge in [0.15, 0.2) is 0 Å². The maximum absolute atomic E-state index is 6.84. The molecule has 2 aliphatic rings. The molecule has 0 fully saturated rings. The molecule has 38 heavy (non-hydrogen) atoms. The first-order chi connectivity index (χ1) is 18.8. The second kappa shape index (κ2) is 7.47. The largest absolute Gasteiger partial charge is 0.456 e. The van der Waals surface area contributed by atoms with E-state index in [9.17, 15) is 0 Å². The minimum Gasteiger partial charge on any atom is -0.456 e. The van der Waals surface area contributed by atoms with Crippen molar-refractivity contribution in [2.45, 2.75) is 0 Å². The zero-order valence-corrected chi connectivity index (χ0v) is 21.2. The van der Waals surface area contributed by atoms with Crippen LogP contribution in [0.5, 0.6) is 23.0 Å². The second-order valence-electron chi connectivity index (χ2n) is 9.80. The normalized spacial score (nSPS) is 15.0. The Morgan fingerprint density at radius 2 is 1.13 bits per heavy atom. The van der Waals surface area contributed by atoms with Crippen molar-refractivity contribution in [2.24, 2.45) is 0 Å². The molecule has 1 unspecified atom stereocenters. The second-order valence-corrected chi connectivity index (χ2v) is 11.9. The highest BCUT2D eigenvalue weighted by Gasteiger charge is 2.38. The average Bonchev–Trinajstić information content (AvgIpc) is 3.31. The Bertz CT molecular complexity index is 2060. The molecule has 3 nitrogen and oxygen atoms in total. The molecule has 0 saturated carbocycles. The summed E-state index contributed by atoms with van der Waals surface area (Å²) < 4.78 is 15.8. The van der Waals surface area contributed by atoms with Crippen molar-refractivity contribution in [3.63, 3.8) is 0 Å². The number of hydrogen-bond acceptors (Lipinski definition) is 2. The lowest BCUT2D eigenvalue weighted by Crippen LogP contribution is -2.32. The summed E-state index contributed by atoms with van der Waals surface area (Å²) in [5.41, 5.74) is 3.37. The van der Waals surface area contributed by atoms with E-state index in [4.69, 9.17) is 9.47 Å². The van der Waals surface area contributed by atoms with Crippen molar-refractivity contribution in [3.05, 3.63) is 121 Å². The summed E-state index contributed by atoms with van der Waals surface area (Å²) in [5.74, 6) is 3.65. The summed E-state index contributed by atoms with van der Waals surface area (Å²) in [4.78, 5) is 0. The first-order valence-electron chi connectivity index (χ1n) is 12.8. The molecule has 0 aliphatic carbocycles. The summed E-state index contributed by atoms with van der Waals surface area (Å²) in [5, 5.41) is 8.44. The number of fused-ring (bicyclic) bond motifs is 9. The molecule has 1 atom stereocenters. The molecule has 2 aliphatic heterocycles. The third-order valence-corrected chi connectivity index (χ3v) is 10.3. The van der Waals surface area contributed by atoms with Crippen LogP contribution in [0.1, 0.15) is 0 Å². The summed E-state index contributed by atoms with van der Waals surface area (Å²) >= 11 is 0. The minimum atomic E-state index is -0.823. The van der Waals surface area contributed by atoms with Gasteiger partial charge in [-0.3, -0.25) is 0 Å². The molecule has 1 aromatic heterocycles. The van der Waals surface area contributed by atoms with Crippen LogP contribution in [0.15, 0.2) is 121 Å². The van der Waals surface area contributed by atoms with E-state index in [1.807, 2.05) is 0 Å². The van der Waals surface area contributed by atoms with E-state index in [0.29, 0.717) is 0 Å². The fourth-order valence-corrected chi connectivity index (χ4v) is 8.69. The van der Waals surface area contributed by atoms with Crippen molar-refractivity contribution in [2.75, 3.05) is 0 Å². The summed E-state index contributed by atoms with van der Waals surface area (Å²) in [6.45, 7) is 0. The topological polar surface area (TPSA) is 23.4 Å². The molecule has 4 heteroatoms. The van der Waals surface area contributed by atoms with E-state index in [2.05, 4.69) is 126 Å². The number of para-hydroxylation sites is 3. The van der Waals surface area contributed by atoms with E-state index in [0.717, 1.165) is 39.4 Å². The Balaban J connectivity index is 1.37. The van der Waals surface area contributed by atoms with Gasteiger partial charge >= 0.3 is 0 Å². The monoisotopic (exact) mass is 505 g/mol. The summed E-state index contributed by atoms with van der Waals surface area (Å²) in [7, 11) is -0.823. The van der Waals surface area contributed by atoms with Crippen LogP contribution >= 0.6 is 7.92 Å². The molecule has 9 rings (SSSR count). The van der Waals surface area contributed by atoms with Gasteiger partial charge in [-0.15, -0.1) is 0 Å². The highest BCUT2D eigenvalue weighted by molar-refractivity contribution is 7.80. The molecular formula is C34H20NO2P. The third-order valence-electron chi connectivity index (χ3n) is 7.72. The maximum Gasteiger partial charge on any atom is 0.143 e. The Labute approximate surface area is 220 Å². The lowest BCUT2D eigenvalue weighted by Gasteiger charge is -2.35. The quantitative estimate of drug-likeness (QED) is 0.212. The van der Waals surface area contributed by atoms with Crippen LogP contribution in [0.25, 0.3) is 38.3 Å². The van der Waals surface area contributed by atoms with Crippen molar-refractivity contribution < 1.29 is 9.47 Å². The number of ether oxygens (including phenoxy) is 2. The fraction of sp³-hybridized carbons (Fsp3) is 0. The molecule has 0 N–H and O–H groups in total. The standard InChI is InChI=1S/C34H20NO2P/c1-2-10-23-21(9-1)17-18-32-33(23)37-30-20-22(19-29-34(30)38(32)31-16-8-7-15-28(31)36-29)35-26-13-5-3-11-24(26)25-12-4-6-14-27(25)35/h1-20H. The van der Waals surface area contributed by atoms with E-state index in [-0.39, 0.29) is 0 Å². The van der Waals surface area contributed by atoms with Crippen LogP contribution in [0.3, 0.4) is 0 Å². The van der Waals surface area contributed by atoms with Crippen LogP contribution in [-0.4, -0.2) is 4.57 Å². The van der Waals surface area contributed by atoms with Crippen LogP contribution < -0.4 is 25.4 Å². The van der Waals surface area contributed by atoms with Gasteiger partial charge in [0, 0.05) is 46.8 Å². The predicted octanol–water partition coefficient (Wildman–Crippen LogP) is 7.91. The van der Waals surface area contributed by atoms with E-state index in [1.165, 1.54) is 37.8 Å². The molecule has 0 spiro atoms. The van der Waals surface area contributed by atoms with Gasteiger partial charge in [-0.2, -0.15) is 0 Å².